The molecule has 2 aliphatic heterocycles. The molecule has 0 aliphatic carbocycles. The maximum atomic E-state index is 13.1. The largest absolute Gasteiger partial charge is 0.480 e. The van der Waals surface area contributed by atoms with Crippen molar-refractivity contribution in [1.29, 1.82) is 0 Å². The van der Waals surface area contributed by atoms with Crippen molar-refractivity contribution in [2.45, 2.75) is 68.3 Å². The molecular formula is C30H36N4O7S. The molecular weight excluding hydrogens is 560 g/mol. The molecule has 0 aromatic heterocycles. The van der Waals surface area contributed by atoms with Crippen LogP contribution in [0.5, 0.6) is 0 Å². The molecule has 3 N–H and O–H groups in total. The molecule has 1 fully saturated rings. The Morgan fingerprint density at radius 1 is 1.00 bits per heavy atom. The van der Waals surface area contributed by atoms with Crippen LogP contribution in [0.4, 0.5) is 0 Å². The third-order valence-electron chi connectivity index (χ3n) is 7.42. The summed E-state index contributed by atoms with van der Waals surface area (Å²) in [6, 6.07) is 12.4. The zero-order valence-corrected chi connectivity index (χ0v) is 24.1. The zero-order chi connectivity index (χ0) is 30.1. The topological polar surface area (TPSA) is 162 Å². The quantitative estimate of drug-likeness (QED) is 0.300. The highest BCUT2D eigenvalue weighted by Gasteiger charge is 2.40. The summed E-state index contributed by atoms with van der Waals surface area (Å²) in [6.07, 6.45) is 3.76. The molecule has 1 unspecified atom stereocenters. The van der Waals surface area contributed by atoms with Crippen LogP contribution < -0.4 is 10.6 Å². The number of nitrogens with one attached hydrogen (secondary N) is 2. The normalized spacial score (nSPS) is 17.8. The molecule has 2 heterocycles. The summed E-state index contributed by atoms with van der Waals surface area (Å²) in [7, 11) is -3.91. The summed E-state index contributed by atoms with van der Waals surface area (Å²) in [5.41, 5.74) is 2.39. The third kappa shape index (κ3) is 8.32. The number of rotatable bonds is 14. The molecule has 2 aliphatic rings. The summed E-state index contributed by atoms with van der Waals surface area (Å²) in [4.78, 5) is 53.9. The Bertz CT molecular complexity index is 1430. The van der Waals surface area contributed by atoms with Gasteiger partial charge in [0.1, 0.15) is 12.1 Å². The molecule has 4 rings (SSSR count). The Hall–Kier alpha value is -3.90. The Kier molecular flexibility index (Phi) is 10.6. The van der Waals surface area contributed by atoms with E-state index in [2.05, 4.69) is 15.6 Å². The van der Waals surface area contributed by atoms with Gasteiger partial charge in [0.2, 0.25) is 21.8 Å². The van der Waals surface area contributed by atoms with Crippen LogP contribution in [-0.4, -0.2) is 78.8 Å². The molecule has 2 atom stereocenters. The number of amides is 2. The second-order valence-corrected chi connectivity index (χ2v) is 12.4. The molecule has 0 bridgehead atoms. The first-order chi connectivity index (χ1) is 20.1. The van der Waals surface area contributed by atoms with Crippen molar-refractivity contribution in [2.75, 3.05) is 19.6 Å². The van der Waals surface area contributed by atoms with Gasteiger partial charge in [-0.15, -0.1) is 0 Å². The van der Waals surface area contributed by atoms with Gasteiger partial charge in [-0.1, -0.05) is 42.5 Å². The number of nitrogens with zero attached hydrogens (tertiary/aromatic N) is 2. The fraction of sp³-hybridized carbons (Fsp3) is 0.433. The highest BCUT2D eigenvalue weighted by molar-refractivity contribution is 7.89. The lowest BCUT2D eigenvalue weighted by molar-refractivity contribution is -0.142. The van der Waals surface area contributed by atoms with Crippen LogP contribution in [0.2, 0.25) is 0 Å². The van der Waals surface area contributed by atoms with Gasteiger partial charge in [0.15, 0.2) is 5.78 Å². The lowest BCUT2D eigenvalue weighted by atomic mass is 10.0. The number of benzene rings is 2. The highest BCUT2D eigenvalue weighted by atomic mass is 32.2. The monoisotopic (exact) mass is 596 g/mol. The van der Waals surface area contributed by atoms with Crippen molar-refractivity contribution >= 4 is 39.3 Å². The average Bonchev–Trinajstić information content (AvgIpc) is 3.69. The van der Waals surface area contributed by atoms with Crippen molar-refractivity contribution in [1.82, 2.24) is 14.9 Å². The number of carbonyl (C=O) groups is 4. The molecule has 12 heteroatoms. The summed E-state index contributed by atoms with van der Waals surface area (Å²) in [6.45, 7) is 0.922. The van der Waals surface area contributed by atoms with Gasteiger partial charge in [-0.2, -0.15) is 4.31 Å². The van der Waals surface area contributed by atoms with Crippen LogP contribution in [-0.2, 0) is 42.0 Å². The Labute approximate surface area is 245 Å². The van der Waals surface area contributed by atoms with E-state index < -0.39 is 34.0 Å². The molecule has 0 radical (unpaired) electrons. The van der Waals surface area contributed by atoms with Gasteiger partial charge in [0.25, 0.3) is 0 Å². The first-order valence-electron chi connectivity index (χ1n) is 14.1. The highest BCUT2D eigenvalue weighted by Crippen LogP contribution is 2.26. The predicted molar refractivity (Wildman–Crippen MR) is 156 cm³/mol. The van der Waals surface area contributed by atoms with E-state index in [1.807, 2.05) is 0 Å². The molecule has 2 amide bonds. The lowest BCUT2D eigenvalue weighted by Crippen LogP contribution is -2.51. The standard InChI is InChI=1S/C30H36N4O7S/c35-24(20-32-28(36)15-14-23-6-4-16-31-23)18-21-10-12-22(13-11-21)19-26(30(38)39)33-29(37)27-9-5-17-34(27)42(40,41)25-7-2-1-3-8-25/h1-3,7-8,10-13,26-27H,4-6,9,14-20H2,(H,32,36)(H,33,37)(H,38,39)/t26?,27-/m0/s1. The second-order valence-electron chi connectivity index (χ2n) is 10.6. The smallest absolute Gasteiger partial charge is 0.326 e. The molecule has 2 aromatic carbocycles. The second kappa shape index (κ2) is 14.3. The van der Waals surface area contributed by atoms with Gasteiger partial charge in [0, 0.05) is 38.1 Å². The molecule has 0 spiro atoms. The Morgan fingerprint density at radius 3 is 2.38 bits per heavy atom. The van der Waals surface area contributed by atoms with Crippen LogP contribution in [0.25, 0.3) is 0 Å². The lowest BCUT2D eigenvalue weighted by Gasteiger charge is -2.25. The van der Waals surface area contributed by atoms with E-state index in [9.17, 15) is 32.7 Å². The van der Waals surface area contributed by atoms with Crippen molar-refractivity contribution in [2.24, 2.45) is 4.99 Å². The Morgan fingerprint density at radius 2 is 1.71 bits per heavy atom. The van der Waals surface area contributed by atoms with Crippen LogP contribution >= 0.6 is 0 Å². The van der Waals surface area contributed by atoms with Crippen molar-refractivity contribution < 1.29 is 32.7 Å². The first-order valence-corrected chi connectivity index (χ1v) is 15.6. The van der Waals surface area contributed by atoms with E-state index in [1.165, 1.54) is 12.1 Å². The molecule has 11 nitrogen and oxygen atoms in total. The van der Waals surface area contributed by atoms with Gasteiger partial charge in [-0.25, -0.2) is 13.2 Å². The van der Waals surface area contributed by atoms with E-state index in [1.54, 1.807) is 42.5 Å². The van der Waals surface area contributed by atoms with Gasteiger partial charge in [-0.3, -0.25) is 19.4 Å². The van der Waals surface area contributed by atoms with Gasteiger partial charge in [-0.05, 0) is 55.4 Å². The number of hydrogen-bond donors (Lipinski definition) is 3. The number of sulfonamides is 1. The molecule has 2 aromatic rings. The van der Waals surface area contributed by atoms with Crippen molar-refractivity contribution in [3.05, 3.63) is 65.7 Å². The van der Waals surface area contributed by atoms with Gasteiger partial charge in [0.05, 0.1) is 11.4 Å². The Balaban J connectivity index is 1.28. The predicted octanol–water partition coefficient (Wildman–Crippen LogP) is 1.89. The summed E-state index contributed by atoms with van der Waals surface area (Å²) in [5.74, 6) is -2.24. The average molecular weight is 597 g/mol. The number of carboxylic acid groups (broad SMARTS) is 1. The number of Topliss-reactive ketones (excluding diaryl/α,β-unsaturated/α-hetero) is 1. The number of ketones is 1. The fourth-order valence-electron chi connectivity index (χ4n) is 5.15. The van der Waals surface area contributed by atoms with Crippen LogP contribution in [0, 0.1) is 0 Å². The zero-order valence-electron chi connectivity index (χ0n) is 23.3. The fourth-order valence-corrected chi connectivity index (χ4v) is 6.83. The summed E-state index contributed by atoms with van der Waals surface area (Å²) < 4.78 is 27.3. The molecule has 42 heavy (non-hydrogen) atoms. The van der Waals surface area contributed by atoms with Crippen LogP contribution in [0.3, 0.4) is 0 Å². The van der Waals surface area contributed by atoms with Gasteiger partial charge < -0.3 is 15.7 Å². The van der Waals surface area contributed by atoms with E-state index in [-0.39, 0.29) is 42.5 Å². The minimum Gasteiger partial charge on any atom is -0.480 e. The third-order valence-corrected chi connectivity index (χ3v) is 9.34. The molecule has 224 valence electrons. The van der Waals surface area contributed by atoms with Gasteiger partial charge >= 0.3 is 5.97 Å². The number of hydrogen-bond acceptors (Lipinski definition) is 7. The summed E-state index contributed by atoms with van der Waals surface area (Å²) >= 11 is 0. The SMILES string of the molecule is O=C(CNC(=O)CCC1=NCCC1)Cc1ccc(CC(NC(=O)[C@@H]2CCCN2S(=O)(=O)c2ccccc2)C(=O)O)cc1. The number of carbonyl (C=O) groups excluding carboxylic acids is 3. The maximum Gasteiger partial charge on any atom is 0.326 e. The summed E-state index contributed by atoms with van der Waals surface area (Å²) in [5, 5.41) is 14.9. The van der Waals surface area contributed by atoms with E-state index in [4.69, 9.17) is 0 Å². The molecule has 1 saturated heterocycles. The van der Waals surface area contributed by atoms with E-state index >= 15 is 0 Å². The minimum atomic E-state index is -3.91. The van der Waals surface area contributed by atoms with E-state index in [0.717, 1.165) is 29.4 Å². The maximum absolute atomic E-state index is 13.1. The minimum absolute atomic E-state index is 0.0190. The number of aliphatic imine (C=N–C) groups is 1. The number of aliphatic carboxylic acids is 1. The van der Waals surface area contributed by atoms with Crippen LogP contribution in [0.15, 0.2) is 64.5 Å². The van der Waals surface area contributed by atoms with Crippen molar-refractivity contribution in [3.8, 4) is 0 Å². The van der Waals surface area contributed by atoms with E-state index in [0.29, 0.717) is 36.8 Å². The van der Waals surface area contributed by atoms with Crippen molar-refractivity contribution in [3.63, 3.8) is 0 Å². The van der Waals surface area contributed by atoms with Crippen LogP contribution in [0.1, 0.15) is 49.7 Å². The molecule has 0 saturated carbocycles. The number of carboxylic acids is 1. The first kappa shape index (κ1) is 31.0.